The predicted octanol–water partition coefficient (Wildman–Crippen LogP) is 5.18. The Balaban J connectivity index is 1.36. The first kappa shape index (κ1) is 24.3. The van der Waals surface area contributed by atoms with Gasteiger partial charge in [-0.25, -0.2) is 9.67 Å². The van der Waals surface area contributed by atoms with E-state index in [4.69, 9.17) is 5.41 Å². The molecule has 0 bridgehead atoms. The Bertz CT molecular complexity index is 1710. The third-order valence-electron chi connectivity index (χ3n) is 6.53. The van der Waals surface area contributed by atoms with Crippen molar-refractivity contribution in [1.29, 1.82) is 5.41 Å². The first-order valence-corrected chi connectivity index (χ1v) is 11.9. The molecule has 4 aromatic rings. The first-order valence-electron chi connectivity index (χ1n) is 11.9. The number of hydrogen-bond acceptors (Lipinski definition) is 7. The van der Waals surface area contributed by atoms with Crippen molar-refractivity contribution < 1.29 is 22.8 Å². The highest BCUT2D eigenvalue weighted by Crippen LogP contribution is 2.44. The van der Waals surface area contributed by atoms with Gasteiger partial charge in [-0.3, -0.25) is 15.0 Å². The van der Waals surface area contributed by atoms with Crippen LogP contribution in [0.1, 0.15) is 50.7 Å². The quantitative estimate of drug-likeness (QED) is 0.192. The van der Waals surface area contributed by atoms with Crippen molar-refractivity contribution in [2.75, 3.05) is 16.1 Å². The fourth-order valence-corrected chi connectivity index (χ4v) is 4.68. The van der Waals surface area contributed by atoms with E-state index < -0.39 is 17.6 Å². The Labute approximate surface area is 218 Å². The zero-order valence-corrected chi connectivity index (χ0v) is 20.0. The molecule has 2 aliphatic rings. The second-order valence-electron chi connectivity index (χ2n) is 9.07. The van der Waals surface area contributed by atoms with Crippen molar-refractivity contribution in [3.8, 4) is 5.69 Å². The third-order valence-corrected chi connectivity index (χ3v) is 6.53. The lowest BCUT2D eigenvalue weighted by Crippen LogP contribution is -2.16. The molecule has 0 radical (unpaired) electrons. The van der Waals surface area contributed by atoms with Gasteiger partial charge in [-0.05, 0) is 37.1 Å². The van der Waals surface area contributed by atoms with Crippen molar-refractivity contribution >= 4 is 52.2 Å². The minimum absolute atomic E-state index is 0.0417. The summed E-state index contributed by atoms with van der Waals surface area (Å²) in [5.41, 5.74) is 2.81. The molecule has 1 saturated carbocycles. The van der Waals surface area contributed by atoms with E-state index in [1.54, 1.807) is 23.0 Å². The molecule has 3 heterocycles. The number of hydrogen-bond donors (Lipinski definition) is 4. The number of carbonyl (C=O) groups is 2. The van der Waals surface area contributed by atoms with Gasteiger partial charge in [-0.2, -0.15) is 23.4 Å². The highest BCUT2D eigenvalue weighted by Gasteiger charge is 2.36. The second-order valence-corrected chi connectivity index (χ2v) is 9.07. The summed E-state index contributed by atoms with van der Waals surface area (Å²) in [6, 6.07) is 8.61. The number of anilines is 3. The molecule has 2 amide bonds. The number of nitrogens with zero attached hydrogens (tertiary/aromatic N) is 4. The van der Waals surface area contributed by atoms with Crippen LogP contribution in [0.3, 0.4) is 0 Å². The number of nitrogens with one attached hydrogen (secondary N) is 4. The van der Waals surface area contributed by atoms with E-state index in [2.05, 4.69) is 31.2 Å². The molecule has 2 aromatic heterocycles. The predicted molar refractivity (Wildman–Crippen MR) is 139 cm³/mol. The highest BCUT2D eigenvalue weighted by molar-refractivity contribution is 6.24. The van der Waals surface area contributed by atoms with Crippen molar-refractivity contribution in [2.45, 2.75) is 24.9 Å². The average molecular weight is 532 g/mol. The third kappa shape index (κ3) is 4.27. The Morgan fingerprint density at radius 3 is 2.77 bits per heavy atom. The summed E-state index contributed by atoms with van der Waals surface area (Å²) in [4.78, 5) is 30.0. The number of benzene rings is 2. The lowest BCUT2D eigenvalue weighted by molar-refractivity contribution is -0.136. The van der Waals surface area contributed by atoms with Gasteiger partial charge in [-0.15, -0.1) is 0 Å². The van der Waals surface area contributed by atoms with Gasteiger partial charge >= 0.3 is 6.18 Å². The molecule has 13 heteroatoms. The van der Waals surface area contributed by atoms with Crippen LogP contribution in [0, 0.1) is 5.41 Å². The Kier molecular flexibility index (Phi) is 5.63. The van der Waals surface area contributed by atoms with E-state index in [0.29, 0.717) is 28.1 Å². The number of rotatable bonds is 7. The summed E-state index contributed by atoms with van der Waals surface area (Å²) < 4.78 is 42.7. The van der Waals surface area contributed by atoms with E-state index in [-0.39, 0.29) is 28.8 Å². The highest BCUT2D eigenvalue weighted by atomic mass is 19.4. The topological polar surface area (TPSA) is 137 Å². The number of alkyl halides is 3. The lowest BCUT2D eigenvalue weighted by Gasteiger charge is -2.15. The van der Waals surface area contributed by atoms with Gasteiger partial charge in [-0.1, -0.05) is 12.1 Å². The number of amides is 2. The molecule has 39 heavy (non-hydrogen) atoms. The maximum atomic E-state index is 13.7. The average Bonchev–Trinajstić information content (AvgIpc) is 3.57. The molecule has 1 fully saturated rings. The Morgan fingerprint density at radius 1 is 1.21 bits per heavy atom. The van der Waals surface area contributed by atoms with Gasteiger partial charge in [0.1, 0.15) is 5.82 Å². The van der Waals surface area contributed by atoms with Gasteiger partial charge in [0.25, 0.3) is 11.8 Å². The molecule has 6 rings (SSSR count). The van der Waals surface area contributed by atoms with Gasteiger partial charge in [0.15, 0.2) is 0 Å². The summed E-state index contributed by atoms with van der Waals surface area (Å²) in [6.07, 6.45) is 1.73. The van der Waals surface area contributed by atoms with Crippen LogP contribution in [0.2, 0.25) is 0 Å². The molecule has 0 spiro atoms. The minimum atomic E-state index is -4.72. The van der Waals surface area contributed by atoms with Crippen LogP contribution in [-0.2, 0) is 6.18 Å². The molecule has 1 aliphatic heterocycles. The van der Waals surface area contributed by atoms with Gasteiger partial charge < -0.3 is 16.0 Å². The maximum absolute atomic E-state index is 13.7. The molecule has 4 N–H and O–H groups in total. The molecule has 2 aromatic carbocycles. The van der Waals surface area contributed by atoms with Crippen LogP contribution in [0.5, 0.6) is 0 Å². The molecule has 0 unspecified atom stereocenters. The van der Waals surface area contributed by atoms with E-state index in [1.165, 1.54) is 12.3 Å². The van der Waals surface area contributed by atoms with Crippen LogP contribution in [0.15, 0.2) is 53.9 Å². The number of carbonyl (C=O) groups excluding carboxylic acids is 2. The zero-order valence-electron chi connectivity index (χ0n) is 20.0. The maximum Gasteiger partial charge on any atom is 0.418 e. The molecule has 196 valence electrons. The Hall–Kier alpha value is -5.07. The first-order chi connectivity index (χ1) is 18.8. The van der Waals surface area contributed by atoms with Crippen molar-refractivity contribution in [2.24, 2.45) is 5.10 Å². The van der Waals surface area contributed by atoms with Crippen LogP contribution in [0.4, 0.5) is 30.4 Å². The van der Waals surface area contributed by atoms with E-state index in [9.17, 15) is 22.8 Å². The number of aromatic nitrogens is 3. The fourth-order valence-electron chi connectivity index (χ4n) is 4.68. The zero-order chi connectivity index (χ0) is 27.3. The Morgan fingerprint density at radius 2 is 2.03 bits per heavy atom. The van der Waals surface area contributed by atoms with Crippen LogP contribution in [0.25, 0.3) is 16.5 Å². The van der Waals surface area contributed by atoms with E-state index in [1.807, 2.05) is 6.07 Å². The van der Waals surface area contributed by atoms with E-state index in [0.717, 1.165) is 42.8 Å². The number of halogens is 3. The smallest absolute Gasteiger partial charge is 0.322 e. The fraction of sp³-hybridized carbons (Fsp3) is 0.154. The van der Waals surface area contributed by atoms with E-state index >= 15 is 0 Å². The molecule has 0 saturated heterocycles. The monoisotopic (exact) mass is 532 g/mol. The second kappa shape index (κ2) is 9.04. The minimum Gasteiger partial charge on any atom is -0.322 e. The number of pyridine rings is 1. The molecular weight excluding hydrogens is 513 g/mol. The van der Waals surface area contributed by atoms with Gasteiger partial charge in [0.2, 0.25) is 0 Å². The van der Waals surface area contributed by atoms with Crippen molar-refractivity contribution in [3.05, 3.63) is 71.2 Å². The molecule has 1 aliphatic carbocycles. The molecule has 10 nitrogen and oxygen atoms in total. The van der Waals surface area contributed by atoms with Crippen LogP contribution < -0.4 is 16.1 Å². The standard InChI is InChI=1S/C26H19F3N8O2/c27-26(28,29)18-10-14(6-7-19(18)36-32-9-8-30)34-25(39)17-11-33-37(22(17)13-4-5-13)20-12-31-23-21-15(20)2-1-3-16(21)24(38)35-23/h1-3,6-13,30,36H,4-5H2,(H,34,39)(H,31,35,38)/b30-8?,32-9-. The molecule has 0 atom stereocenters. The molecular formula is C26H19F3N8O2. The summed E-state index contributed by atoms with van der Waals surface area (Å²) >= 11 is 0. The summed E-state index contributed by atoms with van der Waals surface area (Å²) in [5, 5.41) is 21.6. The summed E-state index contributed by atoms with van der Waals surface area (Å²) in [5.74, 6) is -0.354. The van der Waals surface area contributed by atoms with Crippen LogP contribution >= 0.6 is 0 Å². The van der Waals surface area contributed by atoms with Crippen LogP contribution in [-0.4, -0.2) is 39.0 Å². The van der Waals surface area contributed by atoms with Crippen molar-refractivity contribution in [1.82, 2.24) is 14.8 Å². The summed E-state index contributed by atoms with van der Waals surface area (Å²) in [6.45, 7) is 0. The normalized spacial score (nSPS) is 14.6. The lowest BCUT2D eigenvalue weighted by atomic mass is 10.1. The summed E-state index contributed by atoms with van der Waals surface area (Å²) in [7, 11) is 0. The largest absolute Gasteiger partial charge is 0.418 e. The van der Waals surface area contributed by atoms with Crippen molar-refractivity contribution in [3.63, 3.8) is 0 Å². The SMILES string of the molecule is N=C/C=N\Nc1ccc(NC(=O)c2cnn(-c3cnc4c5c(cccc35)C(=O)N4)c2C2CC2)cc1C(F)(F)F. The van der Waals surface area contributed by atoms with Gasteiger partial charge in [0.05, 0.1) is 52.4 Å². The van der Waals surface area contributed by atoms with Gasteiger partial charge in [0, 0.05) is 28.6 Å². The number of hydrazone groups is 1.